The summed E-state index contributed by atoms with van der Waals surface area (Å²) in [6.07, 6.45) is 7.64. The van der Waals surface area contributed by atoms with E-state index in [0.717, 1.165) is 0 Å². The third-order valence-electron chi connectivity index (χ3n) is 2.99. The lowest BCUT2D eigenvalue weighted by Crippen LogP contribution is -2.25. The highest BCUT2D eigenvalue weighted by Crippen LogP contribution is 2.33. The molecule has 0 saturated heterocycles. The molecule has 0 spiro atoms. The molecule has 0 aromatic carbocycles. The molecule has 0 aromatic rings. The topological polar surface area (TPSA) is 37.3 Å². The van der Waals surface area contributed by atoms with Gasteiger partial charge in [-0.2, -0.15) is 0 Å². The fraction of sp³-hybridized carbons (Fsp3) is 0.917. The average molecular weight is 230 g/mol. The molecule has 15 heavy (non-hydrogen) atoms. The Labute approximate surface area is 96.8 Å². The minimum Gasteiger partial charge on any atom is -0.480 e. The number of carboxylic acids is 1. The van der Waals surface area contributed by atoms with Crippen molar-refractivity contribution < 1.29 is 9.90 Å². The van der Waals surface area contributed by atoms with Crippen LogP contribution in [-0.4, -0.2) is 21.6 Å². The molecule has 1 aliphatic rings. The predicted molar refractivity (Wildman–Crippen MR) is 65.3 cm³/mol. The zero-order chi connectivity index (χ0) is 11.3. The molecular formula is C12H22O2S. The van der Waals surface area contributed by atoms with Crippen LogP contribution < -0.4 is 0 Å². The Morgan fingerprint density at radius 3 is 2.13 bits per heavy atom. The molecule has 0 heterocycles. The molecule has 1 fully saturated rings. The van der Waals surface area contributed by atoms with Crippen molar-refractivity contribution in [3.8, 4) is 0 Å². The van der Waals surface area contributed by atoms with Crippen molar-refractivity contribution in [2.75, 3.05) is 0 Å². The Morgan fingerprint density at radius 1 is 1.20 bits per heavy atom. The highest BCUT2D eigenvalue weighted by Gasteiger charge is 2.26. The summed E-state index contributed by atoms with van der Waals surface area (Å²) in [6, 6.07) is 0. The summed E-state index contributed by atoms with van der Waals surface area (Å²) in [5.41, 5.74) is 0. The number of carbonyl (C=O) groups is 1. The number of aliphatic carboxylic acids is 1. The molecule has 0 bridgehead atoms. The highest BCUT2D eigenvalue weighted by atomic mass is 32.2. The van der Waals surface area contributed by atoms with Crippen LogP contribution in [0.1, 0.15) is 52.4 Å². The first-order valence-corrected chi connectivity index (χ1v) is 6.94. The maximum atomic E-state index is 11.1. The van der Waals surface area contributed by atoms with E-state index in [1.54, 1.807) is 11.8 Å². The van der Waals surface area contributed by atoms with Gasteiger partial charge in [0.15, 0.2) is 0 Å². The van der Waals surface area contributed by atoms with Gasteiger partial charge in [0.05, 0.1) is 0 Å². The minimum atomic E-state index is -0.640. The van der Waals surface area contributed by atoms with E-state index in [1.165, 1.54) is 38.5 Å². The van der Waals surface area contributed by atoms with Crippen LogP contribution in [0.25, 0.3) is 0 Å². The van der Waals surface area contributed by atoms with E-state index in [2.05, 4.69) is 0 Å². The number of hydrogen-bond acceptors (Lipinski definition) is 2. The summed E-state index contributed by atoms with van der Waals surface area (Å²) >= 11 is 1.70. The SMILES string of the molecule is CC(C)C(SC1CCCCCC1)C(=O)O. The first-order valence-electron chi connectivity index (χ1n) is 5.99. The fourth-order valence-electron chi connectivity index (χ4n) is 2.09. The Balaban J connectivity index is 2.45. The maximum Gasteiger partial charge on any atom is 0.316 e. The second kappa shape index (κ2) is 6.41. The number of rotatable bonds is 4. The van der Waals surface area contributed by atoms with Gasteiger partial charge in [0.2, 0.25) is 0 Å². The molecule has 2 nitrogen and oxygen atoms in total. The van der Waals surface area contributed by atoms with E-state index in [1.807, 2.05) is 13.8 Å². The maximum absolute atomic E-state index is 11.1. The van der Waals surface area contributed by atoms with Crippen LogP contribution in [0.3, 0.4) is 0 Å². The summed E-state index contributed by atoms with van der Waals surface area (Å²) < 4.78 is 0. The standard InChI is InChI=1S/C12H22O2S/c1-9(2)11(12(13)14)15-10-7-5-3-4-6-8-10/h9-11H,3-8H2,1-2H3,(H,13,14). The van der Waals surface area contributed by atoms with Gasteiger partial charge in [-0.3, -0.25) is 4.79 Å². The van der Waals surface area contributed by atoms with Gasteiger partial charge in [-0.25, -0.2) is 0 Å². The summed E-state index contributed by atoms with van der Waals surface area (Å²) in [7, 11) is 0. The highest BCUT2D eigenvalue weighted by molar-refractivity contribution is 8.01. The lowest BCUT2D eigenvalue weighted by molar-refractivity contribution is -0.137. The third-order valence-corrected chi connectivity index (χ3v) is 4.89. The molecule has 0 amide bonds. The summed E-state index contributed by atoms with van der Waals surface area (Å²) in [5.74, 6) is -0.407. The van der Waals surface area contributed by atoms with Crippen molar-refractivity contribution in [1.82, 2.24) is 0 Å². The lowest BCUT2D eigenvalue weighted by Gasteiger charge is -2.21. The Hall–Kier alpha value is -0.180. The van der Waals surface area contributed by atoms with Crippen molar-refractivity contribution in [3.63, 3.8) is 0 Å². The largest absolute Gasteiger partial charge is 0.480 e. The number of thioether (sulfide) groups is 1. The molecule has 1 aliphatic carbocycles. The van der Waals surface area contributed by atoms with Crippen molar-refractivity contribution in [1.29, 1.82) is 0 Å². The molecular weight excluding hydrogens is 208 g/mol. The van der Waals surface area contributed by atoms with E-state index in [4.69, 9.17) is 5.11 Å². The first-order chi connectivity index (χ1) is 7.11. The zero-order valence-electron chi connectivity index (χ0n) is 9.74. The Bertz CT molecular complexity index is 196. The molecule has 1 saturated carbocycles. The average Bonchev–Trinajstić information content (AvgIpc) is 2.41. The van der Waals surface area contributed by atoms with Crippen LogP contribution in [0, 0.1) is 5.92 Å². The smallest absolute Gasteiger partial charge is 0.316 e. The number of hydrogen-bond donors (Lipinski definition) is 1. The molecule has 0 aliphatic heterocycles. The molecule has 0 radical (unpaired) electrons. The molecule has 1 unspecified atom stereocenters. The second-order valence-corrected chi connectivity index (χ2v) is 6.20. The van der Waals surface area contributed by atoms with Gasteiger partial charge in [-0.1, -0.05) is 39.5 Å². The predicted octanol–water partition coefficient (Wildman–Crippen LogP) is 3.55. The van der Waals surface area contributed by atoms with Gasteiger partial charge in [-0.15, -0.1) is 11.8 Å². The quantitative estimate of drug-likeness (QED) is 0.750. The minimum absolute atomic E-state index is 0.215. The van der Waals surface area contributed by atoms with Crippen LogP contribution in [0.4, 0.5) is 0 Å². The van der Waals surface area contributed by atoms with Crippen molar-refractivity contribution in [2.24, 2.45) is 5.92 Å². The van der Waals surface area contributed by atoms with Gasteiger partial charge in [0, 0.05) is 5.25 Å². The molecule has 88 valence electrons. The summed E-state index contributed by atoms with van der Waals surface area (Å²) in [5, 5.41) is 9.49. The van der Waals surface area contributed by atoms with Gasteiger partial charge < -0.3 is 5.11 Å². The van der Waals surface area contributed by atoms with Gasteiger partial charge in [0.1, 0.15) is 5.25 Å². The van der Waals surface area contributed by atoms with Crippen LogP contribution in [0.2, 0.25) is 0 Å². The Morgan fingerprint density at radius 2 is 1.73 bits per heavy atom. The van der Waals surface area contributed by atoms with E-state index >= 15 is 0 Å². The zero-order valence-corrected chi connectivity index (χ0v) is 10.6. The van der Waals surface area contributed by atoms with Gasteiger partial charge >= 0.3 is 5.97 Å². The van der Waals surface area contributed by atoms with Crippen LogP contribution in [0.5, 0.6) is 0 Å². The van der Waals surface area contributed by atoms with Crippen molar-refractivity contribution in [3.05, 3.63) is 0 Å². The van der Waals surface area contributed by atoms with Crippen molar-refractivity contribution in [2.45, 2.75) is 62.9 Å². The van der Waals surface area contributed by atoms with Crippen LogP contribution in [-0.2, 0) is 4.79 Å². The second-order valence-electron chi connectivity index (χ2n) is 4.75. The van der Waals surface area contributed by atoms with Crippen LogP contribution >= 0.6 is 11.8 Å². The monoisotopic (exact) mass is 230 g/mol. The normalized spacial score (nSPS) is 21.3. The third kappa shape index (κ3) is 4.45. The summed E-state index contributed by atoms with van der Waals surface area (Å²) in [4.78, 5) is 11.1. The van der Waals surface area contributed by atoms with E-state index < -0.39 is 5.97 Å². The van der Waals surface area contributed by atoms with E-state index in [0.29, 0.717) is 5.25 Å². The fourth-order valence-corrected chi connectivity index (χ4v) is 3.54. The van der Waals surface area contributed by atoms with E-state index in [9.17, 15) is 4.79 Å². The summed E-state index contributed by atoms with van der Waals surface area (Å²) in [6.45, 7) is 4.00. The first kappa shape index (κ1) is 12.9. The molecule has 1 rings (SSSR count). The molecule has 1 N–H and O–H groups in total. The molecule has 0 aromatic heterocycles. The van der Waals surface area contributed by atoms with Crippen molar-refractivity contribution >= 4 is 17.7 Å². The molecule has 1 atom stereocenters. The molecule has 3 heteroatoms. The van der Waals surface area contributed by atoms with E-state index in [-0.39, 0.29) is 11.2 Å². The van der Waals surface area contributed by atoms with Gasteiger partial charge in [-0.05, 0) is 18.8 Å². The number of carboxylic acid groups (broad SMARTS) is 1. The Kier molecular flexibility index (Phi) is 5.51. The lowest BCUT2D eigenvalue weighted by atomic mass is 10.1. The van der Waals surface area contributed by atoms with Gasteiger partial charge in [0.25, 0.3) is 0 Å². The van der Waals surface area contributed by atoms with Crippen LogP contribution in [0.15, 0.2) is 0 Å².